The first-order valence-corrected chi connectivity index (χ1v) is 11.0. The normalized spacial score (nSPS) is 14.3. The molecule has 28 heavy (non-hydrogen) atoms. The van der Waals surface area contributed by atoms with Gasteiger partial charge in [-0.2, -0.15) is 0 Å². The number of hydrogen-bond acceptors (Lipinski definition) is 7. The molecule has 1 amide bonds. The Morgan fingerprint density at radius 1 is 1.11 bits per heavy atom. The molecule has 1 aliphatic rings. The van der Waals surface area contributed by atoms with Gasteiger partial charge in [0.2, 0.25) is 11.0 Å². The average Bonchev–Trinajstić information content (AvgIpc) is 3.41. The first-order chi connectivity index (χ1) is 13.7. The Kier molecular flexibility index (Phi) is 6.09. The van der Waals surface area contributed by atoms with Crippen molar-refractivity contribution in [2.24, 2.45) is 0 Å². The molecule has 9 heteroatoms. The Morgan fingerprint density at radius 2 is 1.89 bits per heavy atom. The molecule has 3 aromatic rings. The summed E-state index contributed by atoms with van der Waals surface area (Å²) >= 11 is 9.12. The molecule has 1 aromatic carbocycles. The molecule has 1 fully saturated rings. The van der Waals surface area contributed by atoms with E-state index in [4.69, 9.17) is 16.3 Å². The lowest BCUT2D eigenvalue weighted by molar-refractivity contribution is -0.132. The SMILES string of the molecule is O=C(CCOc1ccc(Cl)cc1)N1CCN(c2nnc(-c3cccs3)s2)CC1. The topological polar surface area (TPSA) is 58.6 Å². The molecule has 6 nitrogen and oxygen atoms in total. The van der Waals surface area contributed by atoms with Gasteiger partial charge in [-0.3, -0.25) is 4.79 Å². The summed E-state index contributed by atoms with van der Waals surface area (Å²) in [6, 6.07) is 11.2. The van der Waals surface area contributed by atoms with Crippen LogP contribution in [0.2, 0.25) is 5.02 Å². The zero-order chi connectivity index (χ0) is 19.3. The molecule has 2 aromatic heterocycles. The van der Waals surface area contributed by atoms with Crippen LogP contribution in [0.25, 0.3) is 9.88 Å². The monoisotopic (exact) mass is 434 g/mol. The van der Waals surface area contributed by atoms with Crippen LogP contribution in [0.1, 0.15) is 6.42 Å². The highest BCUT2D eigenvalue weighted by Gasteiger charge is 2.23. The molecule has 0 bridgehead atoms. The first kappa shape index (κ1) is 19.2. The molecular formula is C19H19ClN4O2S2. The van der Waals surface area contributed by atoms with Crippen molar-refractivity contribution in [3.8, 4) is 15.6 Å². The fourth-order valence-corrected chi connectivity index (χ4v) is 4.75. The number of aromatic nitrogens is 2. The number of piperazine rings is 1. The van der Waals surface area contributed by atoms with E-state index in [0.717, 1.165) is 33.9 Å². The van der Waals surface area contributed by atoms with Crippen LogP contribution in [-0.2, 0) is 4.79 Å². The highest BCUT2D eigenvalue weighted by Crippen LogP contribution is 2.31. The summed E-state index contributed by atoms with van der Waals surface area (Å²) in [4.78, 5) is 17.7. The van der Waals surface area contributed by atoms with Gasteiger partial charge in [-0.15, -0.1) is 21.5 Å². The van der Waals surface area contributed by atoms with Gasteiger partial charge < -0.3 is 14.5 Å². The Balaban J connectivity index is 1.23. The Labute approximate surface area is 176 Å². The Morgan fingerprint density at radius 3 is 2.61 bits per heavy atom. The second-order valence-electron chi connectivity index (χ2n) is 6.29. The predicted octanol–water partition coefficient (Wildman–Crippen LogP) is 4.04. The number of amides is 1. The van der Waals surface area contributed by atoms with E-state index in [2.05, 4.69) is 21.2 Å². The molecule has 0 atom stereocenters. The number of benzene rings is 1. The molecule has 0 radical (unpaired) electrons. The average molecular weight is 435 g/mol. The third-order valence-corrected chi connectivity index (χ3v) is 6.72. The van der Waals surface area contributed by atoms with E-state index in [9.17, 15) is 4.79 Å². The second kappa shape index (κ2) is 8.89. The van der Waals surface area contributed by atoms with E-state index in [0.29, 0.717) is 31.1 Å². The number of halogens is 1. The van der Waals surface area contributed by atoms with Gasteiger partial charge in [-0.05, 0) is 35.7 Å². The van der Waals surface area contributed by atoms with Gasteiger partial charge >= 0.3 is 0 Å². The number of hydrogen-bond donors (Lipinski definition) is 0. The lowest BCUT2D eigenvalue weighted by Gasteiger charge is -2.34. The molecule has 0 N–H and O–H groups in total. The van der Waals surface area contributed by atoms with Crippen molar-refractivity contribution in [3.05, 3.63) is 46.8 Å². The largest absolute Gasteiger partial charge is 0.493 e. The van der Waals surface area contributed by atoms with Crippen molar-refractivity contribution < 1.29 is 9.53 Å². The quantitative estimate of drug-likeness (QED) is 0.586. The van der Waals surface area contributed by atoms with Crippen LogP contribution in [0.4, 0.5) is 5.13 Å². The summed E-state index contributed by atoms with van der Waals surface area (Å²) in [5, 5.41) is 13.2. The number of anilines is 1. The number of carbonyl (C=O) groups is 1. The number of thiophene rings is 1. The van der Waals surface area contributed by atoms with Crippen LogP contribution in [0.3, 0.4) is 0 Å². The molecule has 0 unspecified atom stereocenters. The van der Waals surface area contributed by atoms with Crippen LogP contribution in [0, 0.1) is 0 Å². The standard InChI is InChI=1S/C19H19ClN4O2S2/c20-14-3-5-15(6-4-14)26-12-7-17(25)23-8-10-24(11-9-23)19-22-21-18(28-19)16-2-1-13-27-16/h1-6,13H,7-12H2. The van der Waals surface area contributed by atoms with Gasteiger partial charge in [-0.1, -0.05) is 29.0 Å². The van der Waals surface area contributed by atoms with E-state index in [1.54, 1.807) is 46.9 Å². The molecule has 4 rings (SSSR count). The second-order valence-corrected chi connectivity index (χ2v) is 8.63. The lowest BCUT2D eigenvalue weighted by Crippen LogP contribution is -2.49. The van der Waals surface area contributed by atoms with E-state index in [1.807, 2.05) is 16.3 Å². The van der Waals surface area contributed by atoms with Gasteiger partial charge in [0.1, 0.15) is 5.75 Å². The third kappa shape index (κ3) is 4.63. The zero-order valence-corrected chi connectivity index (χ0v) is 17.5. The van der Waals surface area contributed by atoms with Crippen molar-refractivity contribution in [1.82, 2.24) is 15.1 Å². The maximum absolute atomic E-state index is 12.4. The summed E-state index contributed by atoms with van der Waals surface area (Å²) < 4.78 is 5.62. The Bertz CT molecular complexity index is 906. The lowest BCUT2D eigenvalue weighted by atomic mass is 10.3. The van der Waals surface area contributed by atoms with Crippen molar-refractivity contribution in [2.45, 2.75) is 6.42 Å². The summed E-state index contributed by atoms with van der Waals surface area (Å²) in [6.45, 7) is 3.27. The van der Waals surface area contributed by atoms with E-state index in [1.165, 1.54) is 0 Å². The highest BCUT2D eigenvalue weighted by atomic mass is 35.5. The number of ether oxygens (including phenoxy) is 1. The van der Waals surface area contributed by atoms with Gasteiger partial charge in [0, 0.05) is 31.2 Å². The van der Waals surface area contributed by atoms with E-state index in [-0.39, 0.29) is 5.91 Å². The Hall–Kier alpha value is -2.16. The van der Waals surface area contributed by atoms with Crippen LogP contribution in [0.5, 0.6) is 5.75 Å². The minimum absolute atomic E-state index is 0.116. The number of rotatable bonds is 6. The smallest absolute Gasteiger partial charge is 0.226 e. The predicted molar refractivity (Wildman–Crippen MR) is 114 cm³/mol. The summed E-state index contributed by atoms with van der Waals surface area (Å²) in [6.07, 6.45) is 0.365. The van der Waals surface area contributed by atoms with E-state index < -0.39 is 0 Å². The fourth-order valence-electron chi connectivity index (χ4n) is 2.94. The molecule has 146 valence electrons. The molecule has 0 spiro atoms. The third-order valence-electron chi connectivity index (χ3n) is 4.45. The van der Waals surface area contributed by atoms with Gasteiger partial charge in [0.05, 0.1) is 17.9 Å². The number of carbonyl (C=O) groups excluding carboxylic acids is 1. The maximum Gasteiger partial charge on any atom is 0.226 e. The van der Waals surface area contributed by atoms with Gasteiger partial charge in [0.15, 0.2) is 5.01 Å². The van der Waals surface area contributed by atoms with E-state index >= 15 is 0 Å². The highest BCUT2D eigenvalue weighted by molar-refractivity contribution is 7.22. The van der Waals surface area contributed by atoms with Gasteiger partial charge in [-0.25, -0.2) is 0 Å². The van der Waals surface area contributed by atoms with Crippen molar-refractivity contribution in [1.29, 1.82) is 0 Å². The van der Waals surface area contributed by atoms with Crippen LogP contribution in [0.15, 0.2) is 41.8 Å². The number of nitrogens with zero attached hydrogens (tertiary/aromatic N) is 4. The summed E-state index contributed by atoms with van der Waals surface area (Å²) in [5.74, 6) is 0.838. The first-order valence-electron chi connectivity index (χ1n) is 8.97. The maximum atomic E-state index is 12.4. The summed E-state index contributed by atoms with van der Waals surface area (Å²) in [7, 11) is 0. The molecule has 0 aliphatic carbocycles. The molecule has 1 aliphatic heterocycles. The van der Waals surface area contributed by atoms with Crippen molar-refractivity contribution in [3.63, 3.8) is 0 Å². The fraction of sp³-hybridized carbons (Fsp3) is 0.316. The molecular weight excluding hydrogens is 416 g/mol. The summed E-state index contributed by atoms with van der Waals surface area (Å²) in [5.41, 5.74) is 0. The van der Waals surface area contributed by atoms with Crippen LogP contribution in [-0.4, -0.2) is 53.8 Å². The van der Waals surface area contributed by atoms with Crippen LogP contribution < -0.4 is 9.64 Å². The minimum atomic E-state index is 0.116. The molecule has 3 heterocycles. The van der Waals surface area contributed by atoms with Crippen molar-refractivity contribution in [2.75, 3.05) is 37.7 Å². The van der Waals surface area contributed by atoms with Crippen LogP contribution >= 0.6 is 34.3 Å². The molecule has 0 saturated carbocycles. The van der Waals surface area contributed by atoms with Gasteiger partial charge in [0.25, 0.3) is 0 Å². The minimum Gasteiger partial charge on any atom is -0.493 e. The zero-order valence-electron chi connectivity index (χ0n) is 15.1. The molecule has 1 saturated heterocycles. The van der Waals surface area contributed by atoms with Crippen molar-refractivity contribution >= 4 is 45.3 Å².